The van der Waals surface area contributed by atoms with Gasteiger partial charge in [0.1, 0.15) is 11.5 Å². The van der Waals surface area contributed by atoms with E-state index >= 15 is 0 Å². The SMILES string of the molecule is COc1cc(O)ccc1/C=C/CCl. The summed E-state index contributed by atoms with van der Waals surface area (Å²) in [4.78, 5) is 0. The van der Waals surface area contributed by atoms with Gasteiger partial charge in [0.25, 0.3) is 0 Å². The second-order valence-electron chi connectivity index (χ2n) is 2.48. The van der Waals surface area contributed by atoms with Crippen molar-refractivity contribution in [1.82, 2.24) is 0 Å². The van der Waals surface area contributed by atoms with Crippen LogP contribution in [0.3, 0.4) is 0 Å². The van der Waals surface area contributed by atoms with Crippen molar-refractivity contribution in [2.24, 2.45) is 0 Å². The highest BCUT2D eigenvalue weighted by molar-refractivity contribution is 6.19. The molecule has 1 aromatic carbocycles. The lowest BCUT2D eigenvalue weighted by Gasteiger charge is -2.04. The number of hydrogen-bond donors (Lipinski definition) is 1. The Morgan fingerprint density at radius 2 is 2.31 bits per heavy atom. The Balaban J connectivity index is 2.99. The Hall–Kier alpha value is -1.15. The Morgan fingerprint density at radius 1 is 1.54 bits per heavy atom. The molecule has 1 rings (SSSR count). The number of rotatable bonds is 3. The first-order chi connectivity index (χ1) is 6.27. The third-order valence-corrected chi connectivity index (χ3v) is 1.78. The standard InChI is InChI=1S/C10H11ClO2/c1-13-10-7-9(12)5-4-8(10)3-2-6-11/h2-5,7,12H,6H2,1H3/b3-2+. The monoisotopic (exact) mass is 198 g/mol. The molecule has 0 spiro atoms. The van der Waals surface area contributed by atoms with E-state index in [1.165, 1.54) is 0 Å². The lowest BCUT2D eigenvalue weighted by molar-refractivity contribution is 0.407. The number of aromatic hydroxyl groups is 1. The van der Waals surface area contributed by atoms with E-state index in [1.54, 1.807) is 25.3 Å². The molecule has 0 saturated heterocycles. The van der Waals surface area contributed by atoms with Crippen molar-refractivity contribution in [1.29, 1.82) is 0 Å². The summed E-state index contributed by atoms with van der Waals surface area (Å²) in [5.74, 6) is 1.30. The highest BCUT2D eigenvalue weighted by atomic mass is 35.5. The van der Waals surface area contributed by atoms with E-state index in [2.05, 4.69) is 0 Å². The molecule has 3 heteroatoms. The van der Waals surface area contributed by atoms with Crippen molar-refractivity contribution in [3.8, 4) is 11.5 Å². The van der Waals surface area contributed by atoms with Gasteiger partial charge in [0, 0.05) is 17.5 Å². The van der Waals surface area contributed by atoms with E-state index in [-0.39, 0.29) is 5.75 Å². The number of phenolic OH excluding ortho intramolecular Hbond substituents is 1. The largest absolute Gasteiger partial charge is 0.508 e. The number of hydrogen-bond acceptors (Lipinski definition) is 2. The van der Waals surface area contributed by atoms with Gasteiger partial charge < -0.3 is 9.84 Å². The van der Waals surface area contributed by atoms with Gasteiger partial charge in [0.05, 0.1) is 7.11 Å². The summed E-state index contributed by atoms with van der Waals surface area (Å²) in [6.45, 7) is 0. The number of halogens is 1. The van der Waals surface area contributed by atoms with E-state index in [0.717, 1.165) is 5.56 Å². The van der Waals surface area contributed by atoms with Gasteiger partial charge in [0.2, 0.25) is 0 Å². The average molecular weight is 199 g/mol. The van der Waals surface area contributed by atoms with Crippen LogP contribution in [0.5, 0.6) is 11.5 Å². The lowest BCUT2D eigenvalue weighted by atomic mass is 10.2. The van der Waals surface area contributed by atoms with Crippen LogP contribution in [0.15, 0.2) is 24.3 Å². The molecular weight excluding hydrogens is 188 g/mol. The zero-order valence-corrected chi connectivity index (χ0v) is 8.08. The summed E-state index contributed by atoms with van der Waals surface area (Å²) < 4.78 is 5.07. The molecule has 1 aromatic rings. The highest BCUT2D eigenvalue weighted by Crippen LogP contribution is 2.24. The van der Waals surface area contributed by atoms with E-state index < -0.39 is 0 Å². The third kappa shape index (κ3) is 2.67. The fourth-order valence-electron chi connectivity index (χ4n) is 1.01. The van der Waals surface area contributed by atoms with Crippen molar-refractivity contribution in [3.05, 3.63) is 29.8 Å². The van der Waals surface area contributed by atoms with Crippen LogP contribution in [0.4, 0.5) is 0 Å². The number of alkyl halides is 1. The molecule has 0 radical (unpaired) electrons. The molecule has 1 N–H and O–H groups in total. The van der Waals surface area contributed by atoms with Crippen LogP contribution >= 0.6 is 11.6 Å². The second-order valence-corrected chi connectivity index (χ2v) is 2.79. The van der Waals surface area contributed by atoms with Crippen molar-refractivity contribution in [3.63, 3.8) is 0 Å². The van der Waals surface area contributed by atoms with Crippen LogP contribution in [0.1, 0.15) is 5.56 Å². The first-order valence-corrected chi connectivity index (χ1v) is 4.41. The van der Waals surface area contributed by atoms with Gasteiger partial charge >= 0.3 is 0 Å². The summed E-state index contributed by atoms with van der Waals surface area (Å²) in [7, 11) is 1.56. The maximum absolute atomic E-state index is 9.16. The van der Waals surface area contributed by atoms with Crippen LogP contribution in [-0.2, 0) is 0 Å². The zero-order chi connectivity index (χ0) is 9.68. The van der Waals surface area contributed by atoms with E-state index in [1.807, 2.05) is 12.2 Å². The fourth-order valence-corrected chi connectivity index (χ4v) is 1.10. The minimum atomic E-state index is 0.194. The van der Waals surface area contributed by atoms with Crippen molar-refractivity contribution < 1.29 is 9.84 Å². The molecule has 0 atom stereocenters. The minimum absolute atomic E-state index is 0.194. The molecule has 0 aliphatic heterocycles. The van der Waals surface area contributed by atoms with Crippen molar-refractivity contribution in [2.45, 2.75) is 0 Å². The van der Waals surface area contributed by atoms with Crippen LogP contribution in [0, 0.1) is 0 Å². The summed E-state index contributed by atoms with van der Waals surface area (Å²) >= 11 is 5.50. The van der Waals surface area contributed by atoms with E-state index in [0.29, 0.717) is 11.6 Å². The van der Waals surface area contributed by atoms with Crippen LogP contribution in [-0.4, -0.2) is 18.1 Å². The van der Waals surface area contributed by atoms with Crippen LogP contribution in [0.25, 0.3) is 6.08 Å². The normalized spacial score (nSPS) is 10.6. The molecule has 0 bridgehead atoms. The number of methoxy groups -OCH3 is 1. The maximum Gasteiger partial charge on any atom is 0.129 e. The first kappa shape index (κ1) is 9.93. The molecule has 0 aliphatic rings. The predicted octanol–water partition coefficient (Wildman–Crippen LogP) is 2.65. The molecule has 0 aromatic heterocycles. The zero-order valence-electron chi connectivity index (χ0n) is 7.33. The Kier molecular flexibility index (Phi) is 3.65. The van der Waals surface area contributed by atoms with E-state index in [9.17, 15) is 0 Å². The average Bonchev–Trinajstić information content (AvgIpc) is 2.16. The molecule has 0 unspecified atom stereocenters. The number of phenols is 1. The smallest absolute Gasteiger partial charge is 0.129 e. The van der Waals surface area contributed by atoms with Crippen LogP contribution < -0.4 is 4.74 Å². The molecule has 0 fully saturated rings. The number of ether oxygens (including phenoxy) is 1. The lowest BCUT2D eigenvalue weighted by Crippen LogP contribution is -1.86. The Morgan fingerprint density at radius 3 is 2.92 bits per heavy atom. The van der Waals surface area contributed by atoms with Gasteiger partial charge in [0.15, 0.2) is 0 Å². The van der Waals surface area contributed by atoms with Gasteiger partial charge in [-0.2, -0.15) is 0 Å². The van der Waals surface area contributed by atoms with Crippen molar-refractivity contribution >= 4 is 17.7 Å². The number of benzene rings is 1. The third-order valence-electron chi connectivity index (χ3n) is 1.60. The molecular formula is C10H11ClO2. The molecule has 13 heavy (non-hydrogen) atoms. The highest BCUT2D eigenvalue weighted by Gasteiger charge is 1.99. The first-order valence-electron chi connectivity index (χ1n) is 3.87. The van der Waals surface area contributed by atoms with Gasteiger partial charge in [-0.15, -0.1) is 11.6 Å². The molecule has 0 saturated carbocycles. The van der Waals surface area contributed by atoms with Gasteiger partial charge in [-0.25, -0.2) is 0 Å². The minimum Gasteiger partial charge on any atom is -0.508 e. The quantitative estimate of drug-likeness (QED) is 0.757. The van der Waals surface area contributed by atoms with E-state index in [4.69, 9.17) is 21.4 Å². The topological polar surface area (TPSA) is 29.5 Å². The van der Waals surface area contributed by atoms with Crippen LogP contribution in [0.2, 0.25) is 0 Å². The molecule has 0 aliphatic carbocycles. The van der Waals surface area contributed by atoms with Gasteiger partial charge in [-0.05, 0) is 12.1 Å². The molecule has 0 heterocycles. The summed E-state index contributed by atoms with van der Waals surface area (Å²) in [5, 5.41) is 9.16. The number of allylic oxidation sites excluding steroid dienone is 1. The molecule has 2 nitrogen and oxygen atoms in total. The van der Waals surface area contributed by atoms with Gasteiger partial charge in [-0.1, -0.05) is 12.2 Å². The second kappa shape index (κ2) is 4.77. The fraction of sp³-hybridized carbons (Fsp3) is 0.200. The van der Waals surface area contributed by atoms with Crippen molar-refractivity contribution in [2.75, 3.05) is 13.0 Å². The summed E-state index contributed by atoms with van der Waals surface area (Å²) in [5.41, 5.74) is 0.904. The Bertz CT molecular complexity index is 308. The maximum atomic E-state index is 9.16. The molecule has 70 valence electrons. The molecule has 0 amide bonds. The summed E-state index contributed by atoms with van der Waals surface area (Å²) in [6.07, 6.45) is 3.67. The predicted molar refractivity (Wildman–Crippen MR) is 54.4 cm³/mol. The Labute approximate surface area is 82.4 Å². The van der Waals surface area contributed by atoms with Gasteiger partial charge in [-0.3, -0.25) is 0 Å². The summed E-state index contributed by atoms with van der Waals surface area (Å²) in [6, 6.07) is 4.95.